The molecule has 0 spiro atoms. The highest BCUT2D eigenvalue weighted by Crippen LogP contribution is 2.56. The summed E-state index contributed by atoms with van der Waals surface area (Å²) in [6.07, 6.45) is 2.32. The molecule has 1 aliphatic rings. The van der Waals surface area contributed by atoms with Crippen LogP contribution in [0.3, 0.4) is 0 Å². The van der Waals surface area contributed by atoms with Gasteiger partial charge in [0.1, 0.15) is 0 Å². The van der Waals surface area contributed by atoms with Crippen molar-refractivity contribution in [3.8, 4) is 11.1 Å². The summed E-state index contributed by atoms with van der Waals surface area (Å²) in [6.45, 7) is 9.43. The molecule has 0 unspecified atom stereocenters. The van der Waals surface area contributed by atoms with Gasteiger partial charge in [-0.25, -0.2) is 0 Å². The van der Waals surface area contributed by atoms with Crippen molar-refractivity contribution in [3.05, 3.63) is 83.9 Å². The fourth-order valence-corrected chi connectivity index (χ4v) is 8.41. The standard InChI is InChI=1S/C28H30NP/c1-19(2)29(20(3)4)30-17-23-15-13-21-9-5-7-11-25(21)27(23)28-24(18-30)16-14-22-10-6-8-12-26(22)28/h5-16,19-20H,17-18H2,1-4H3. The van der Waals surface area contributed by atoms with Crippen molar-refractivity contribution >= 4 is 29.6 Å². The van der Waals surface area contributed by atoms with Crippen LogP contribution >= 0.6 is 8.07 Å². The molecule has 0 amide bonds. The predicted octanol–water partition coefficient (Wildman–Crippen LogP) is 8.19. The first-order valence-corrected chi connectivity index (χ1v) is 12.8. The first kappa shape index (κ1) is 19.7. The second kappa shape index (κ2) is 7.80. The summed E-state index contributed by atoms with van der Waals surface area (Å²) >= 11 is 0. The van der Waals surface area contributed by atoms with Gasteiger partial charge in [0, 0.05) is 24.4 Å². The Bertz CT molecular complexity index is 1130. The Kier molecular flexibility index (Phi) is 5.13. The summed E-state index contributed by atoms with van der Waals surface area (Å²) in [5, 5.41) is 5.46. The van der Waals surface area contributed by atoms with Crippen molar-refractivity contribution in [2.24, 2.45) is 0 Å². The van der Waals surface area contributed by atoms with Gasteiger partial charge in [-0.15, -0.1) is 0 Å². The maximum Gasteiger partial charge on any atom is 0.00805 e. The van der Waals surface area contributed by atoms with E-state index in [1.807, 2.05) is 0 Å². The van der Waals surface area contributed by atoms with Gasteiger partial charge in [-0.2, -0.15) is 0 Å². The monoisotopic (exact) mass is 411 g/mol. The van der Waals surface area contributed by atoms with Crippen LogP contribution in [0.4, 0.5) is 0 Å². The Morgan fingerprint density at radius 2 is 1.03 bits per heavy atom. The second-order valence-corrected chi connectivity index (χ2v) is 11.1. The highest BCUT2D eigenvalue weighted by molar-refractivity contribution is 7.53. The number of hydrogen-bond donors (Lipinski definition) is 0. The number of nitrogens with zero attached hydrogens (tertiary/aromatic N) is 1. The van der Waals surface area contributed by atoms with Gasteiger partial charge >= 0.3 is 0 Å². The molecule has 1 aliphatic heterocycles. The molecule has 1 heterocycles. The van der Waals surface area contributed by atoms with Gasteiger partial charge < -0.3 is 0 Å². The quantitative estimate of drug-likeness (QED) is 0.307. The Morgan fingerprint density at radius 1 is 0.600 bits per heavy atom. The summed E-state index contributed by atoms with van der Waals surface area (Å²) in [7, 11) is -0.291. The van der Waals surface area contributed by atoms with Crippen LogP contribution in [0.5, 0.6) is 0 Å². The molecule has 0 atom stereocenters. The van der Waals surface area contributed by atoms with Crippen molar-refractivity contribution in [1.29, 1.82) is 0 Å². The SMILES string of the molecule is CC(C)N(C(C)C)P1Cc2ccc3ccccc3c2-c2c(ccc3ccccc23)C1. The van der Waals surface area contributed by atoms with Crippen LogP contribution in [0.25, 0.3) is 32.7 Å². The molecular weight excluding hydrogens is 381 g/mol. The average molecular weight is 412 g/mol. The van der Waals surface area contributed by atoms with E-state index >= 15 is 0 Å². The topological polar surface area (TPSA) is 3.24 Å². The summed E-state index contributed by atoms with van der Waals surface area (Å²) in [6, 6.07) is 28.4. The van der Waals surface area contributed by atoms with Gasteiger partial charge in [0.25, 0.3) is 0 Å². The van der Waals surface area contributed by atoms with E-state index in [1.165, 1.54) is 43.8 Å². The summed E-state index contributed by atoms with van der Waals surface area (Å²) in [4.78, 5) is 0. The lowest BCUT2D eigenvalue weighted by atomic mass is 9.88. The van der Waals surface area contributed by atoms with E-state index in [-0.39, 0.29) is 8.07 Å². The molecule has 0 radical (unpaired) electrons. The van der Waals surface area contributed by atoms with Gasteiger partial charge in [-0.3, -0.25) is 4.67 Å². The molecule has 4 aromatic carbocycles. The average Bonchev–Trinajstić information content (AvgIpc) is 2.90. The molecule has 0 aliphatic carbocycles. The van der Waals surface area contributed by atoms with Crippen LogP contribution in [-0.4, -0.2) is 16.8 Å². The van der Waals surface area contributed by atoms with Crippen LogP contribution < -0.4 is 0 Å². The van der Waals surface area contributed by atoms with Gasteiger partial charge in [-0.1, -0.05) is 72.8 Å². The fourth-order valence-electron chi connectivity index (χ4n) is 5.35. The lowest BCUT2D eigenvalue weighted by Crippen LogP contribution is -2.33. The highest BCUT2D eigenvalue weighted by Gasteiger charge is 2.30. The molecule has 30 heavy (non-hydrogen) atoms. The highest BCUT2D eigenvalue weighted by atomic mass is 31.1. The van der Waals surface area contributed by atoms with Gasteiger partial charge in [0.2, 0.25) is 0 Å². The van der Waals surface area contributed by atoms with Gasteiger partial charge in [0.15, 0.2) is 0 Å². The second-order valence-electron chi connectivity index (χ2n) is 9.03. The van der Waals surface area contributed by atoms with Gasteiger partial charge in [0.05, 0.1) is 0 Å². The van der Waals surface area contributed by atoms with E-state index in [0.717, 1.165) is 12.3 Å². The molecular formula is C28H30NP. The Labute approximate surface area is 181 Å². The Hall–Kier alpha value is -2.21. The van der Waals surface area contributed by atoms with Crippen LogP contribution in [0.2, 0.25) is 0 Å². The van der Waals surface area contributed by atoms with Crippen molar-refractivity contribution in [1.82, 2.24) is 4.67 Å². The molecule has 2 heteroatoms. The summed E-state index contributed by atoms with van der Waals surface area (Å²) in [5.41, 5.74) is 5.97. The third kappa shape index (κ3) is 3.25. The van der Waals surface area contributed by atoms with Crippen molar-refractivity contribution in [2.45, 2.75) is 52.1 Å². The first-order valence-electron chi connectivity index (χ1n) is 11.1. The van der Waals surface area contributed by atoms with E-state index in [2.05, 4.69) is 105 Å². The van der Waals surface area contributed by atoms with E-state index in [1.54, 1.807) is 0 Å². The molecule has 0 saturated heterocycles. The predicted molar refractivity (Wildman–Crippen MR) is 133 cm³/mol. The zero-order chi connectivity index (χ0) is 20.8. The molecule has 0 fully saturated rings. The normalized spacial score (nSPS) is 14.5. The fraction of sp³-hybridized carbons (Fsp3) is 0.286. The summed E-state index contributed by atoms with van der Waals surface area (Å²) in [5.74, 6) is 0. The zero-order valence-electron chi connectivity index (χ0n) is 18.4. The molecule has 4 aromatic rings. The largest absolute Gasteiger partial charge is 0.276 e. The number of rotatable bonds is 3. The molecule has 1 nitrogen and oxygen atoms in total. The third-order valence-corrected chi connectivity index (χ3v) is 9.36. The molecule has 0 aromatic heterocycles. The minimum absolute atomic E-state index is 0.291. The number of hydrogen-bond acceptors (Lipinski definition) is 1. The van der Waals surface area contributed by atoms with E-state index in [9.17, 15) is 0 Å². The Morgan fingerprint density at radius 3 is 1.47 bits per heavy atom. The van der Waals surface area contributed by atoms with Crippen molar-refractivity contribution in [2.75, 3.05) is 0 Å². The van der Waals surface area contributed by atoms with E-state index in [4.69, 9.17) is 0 Å². The van der Waals surface area contributed by atoms with Crippen LogP contribution in [0.15, 0.2) is 72.8 Å². The van der Waals surface area contributed by atoms with Crippen LogP contribution in [0.1, 0.15) is 38.8 Å². The first-order chi connectivity index (χ1) is 14.5. The van der Waals surface area contributed by atoms with E-state index in [0.29, 0.717) is 12.1 Å². The smallest absolute Gasteiger partial charge is 0.00805 e. The van der Waals surface area contributed by atoms with Crippen LogP contribution in [-0.2, 0) is 12.3 Å². The van der Waals surface area contributed by atoms with Crippen molar-refractivity contribution < 1.29 is 0 Å². The lowest BCUT2D eigenvalue weighted by Gasteiger charge is -2.38. The molecule has 0 bridgehead atoms. The lowest BCUT2D eigenvalue weighted by molar-refractivity contribution is 0.321. The van der Waals surface area contributed by atoms with E-state index < -0.39 is 0 Å². The third-order valence-electron chi connectivity index (χ3n) is 6.37. The molecule has 5 rings (SSSR count). The number of benzene rings is 4. The molecule has 0 N–H and O–H groups in total. The molecule has 0 saturated carbocycles. The maximum absolute atomic E-state index is 2.78. The number of fused-ring (bicyclic) bond motifs is 7. The zero-order valence-corrected chi connectivity index (χ0v) is 19.3. The van der Waals surface area contributed by atoms with Gasteiger partial charge in [-0.05, 0) is 79.6 Å². The molecule has 152 valence electrons. The minimum atomic E-state index is -0.291. The van der Waals surface area contributed by atoms with Crippen LogP contribution in [0, 0.1) is 0 Å². The Balaban J connectivity index is 1.84. The maximum atomic E-state index is 2.78. The summed E-state index contributed by atoms with van der Waals surface area (Å²) < 4.78 is 2.78. The van der Waals surface area contributed by atoms with Crippen molar-refractivity contribution in [3.63, 3.8) is 0 Å². The minimum Gasteiger partial charge on any atom is -0.276 e.